The van der Waals surface area contributed by atoms with Gasteiger partial charge in [0.25, 0.3) is 0 Å². The lowest BCUT2D eigenvalue weighted by Gasteiger charge is -2.11. The summed E-state index contributed by atoms with van der Waals surface area (Å²) in [5.74, 6) is 0.838. The van der Waals surface area contributed by atoms with E-state index in [4.69, 9.17) is 9.47 Å². The smallest absolute Gasteiger partial charge is 0.224 e. The first-order valence-electron chi connectivity index (χ1n) is 8.64. The van der Waals surface area contributed by atoms with Gasteiger partial charge < -0.3 is 14.8 Å². The van der Waals surface area contributed by atoms with E-state index in [1.54, 1.807) is 31.4 Å². The monoisotopic (exact) mass is 363 g/mol. The highest BCUT2D eigenvalue weighted by Gasteiger charge is 2.12. The Morgan fingerprint density at radius 2 is 1.63 bits per heavy atom. The Hall–Kier alpha value is -3.34. The van der Waals surface area contributed by atoms with Gasteiger partial charge in [-0.1, -0.05) is 36.4 Å². The Morgan fingerprint density at radius 1 is 0.852 bits per heavy atom. The van der Waals surface area contributed by atoms with Crippen molar-refractivity contribution in [2.24, 2.45) is 0 Å². The number of fused-ring (bicyclic) bond motifs is 1. The van der Waals surface area contributed by atoms with Crippen LogP contribution in [0.25, 0.3) is 10.8 Å². The first-order valence-corrected chi connectivity index (χ1v) is 8.64. The first kappa shape index (κ1) is 18.5. The topological polar surface area (TPSA) is 64.6 Å². The van der Waals surface area contributed by atoms with Gasteiger partial charge in [-0.25, -0.2) is 0 Å². The minimum atomic E-state index is -0.243. The highest BCUT2D eigenvalue weighted by atomic mass is 16.5. The zero-order chi connectivity index (χ0) is 19.2. The maximum atomic E-state index is 12.4. The molecule has 0 aliphatic carbocycles. The molecule has 0 bridgehead atoms. The van der Waals surface area contributed by atoms with Crippen molar-refractivity contribution in [2.45, 2.75) is 12.8 Å². The molecule has 0 radical (unpaired) electrons. The highest BCUT2D eigenvalue weighted by Crippen LogP contribution is 2.29. The van der Waals surface area contributed by atoms with Crippen molar-refractivity contribution >= 4 is 28.2 Å². The van der Waals surface area contributed by atoms with Crippen LogP contribution in [0.2, 0.25) is 0 Å². The minimum Gasteiger partial charge on any atom is -0.497 e. The molecular weight excluding hydrogens is 342 g/mol. The molecule has 0 heterocycles. The molecular formula is C22H21NO4. The molecule has 3 aromatic rings. The van der Waals surface area contributed by atoms with Crippen LogP contribution < -0.4 is 14.8 Å². The Labute approximate surface area is 157 Å². The van der Waals surface area contributed by atoms with Gasteiger partial charge in [0.1, 0.15) is 11.5 Å². The summed E-state index contributed by atoms with van der Waals surface area (Å²) in [7, 11) is 3.08. The van der Waals surface area contributed by atoms with Crippen LogP contribution in [0, 0.1) is 0 Å². The number of hydrogen-bond acceptors (Lipinski definition) is 4. The number of carbonyl (C=O) groups is 2. The number of rotatable bonds is 7. The maximum absolute atomic E-state index is 12.4. The third-order valence-corrected chi connectivity index (χ3v) is 4.33. The van der Waals surface area contributed by atoms with Crippen LogP contribution in [-0.4, -0.2) is 25.9 Å². The van der Waals surface area contributed by atoms with Crippen molar-refractivity contribution < 1.29 is 19.1 Å². The van der Waals surface area contributed by atoms with Crippen LogP contribution in [0.3, 0.4) is 0 Å². The van der Waals surface area contributed by atoms with Crippen molar-refractivity contribution in [2.75, 3.05) is 19.5 Å². The van der Waals surface area contributed by atoms with Crippen LogP contribution in [0.5, 0.6) is 11.5 Å². The van der Waals surface area contributed by atoms with Crippen LogP contribution >= 0.6 is 0 Å². The molecule has 0 saturated heterocycles. The van der Waals surface area contributed by atoms with Gasteiger partial charge in [-0.3, -0.25) is 9.59 Å². The molecule has 0 fully saturated rings. The van der Waals surface area contributed by atoms with Gasteiger partial charge in [0, 0.05) is 24.5 Å². The highest BCUT2D eigenvalue weighted by molar-refractivity contribution is 6.02. The fourth-order valence-corrected chi connectivity index (χ4v) is 2.85. The number of benzene rings is 3. The van der Waals surface area contributed by atoms with Gasteiger partial charge in [-0.05, 0) is 29.0 Å². The number of amides is 1. The molecule has 1 amide bonds. The van der Waals surface area contributed by atoms with Crippen molar-refractivity contribution in [3.8, 4) is 11.5 Å². The number of nitrogens with one attached hydrogen (secondary N) is 1. The number of anilines is 1. The average Bonchev–Trinajstić information content (AvgIpc) is 2.71. The molecule has 5 nitrogen and oxygen atoms in total. The summed E-state index contributed by atoms with van der Waals surface area (Å²) in [5.41, 5.74) is 1.16. The lowest BCUT2D eigenvalue weighted by molar-refractivity contribution is -0.116. The lowest BCUT2D eigenvalue weighted by Crippen LogP contribution is -2.14. The maximum Gasteiger partial charge on any atom is 0.224 e. The molecule has 3 rings (SSSR count). The Kier molecular flexibility index (Phi) is 5.71. The van der Waals surface area contributed by atoms with E-state index in [0.29, 0.717) is 22.7 Å². The summed E-state index contributed by atoms with van der Waals surface area (Å²) in [6.45, 7) is 0. The van der Waals surface area contributed by atoms with Crippen molar-refractivity contribution in [3.05, 3.63) is 66.2 Å². The fraction of sp³-hybridized carbons (Fsp3) is 0.182. The quantitative estimate of drug-likeness (QED) is 0.630. The van der Waals surface area contributed by atoms with Gasteiger partial charge >= 0.3 is 0 Å². The van der Waals surface area contributed by atoms with E-state index in [2.05, 4.69) is 5.32 Å². The summed E-state index contributed by atoms with van der Waals surface area (Å²) in [4.78, 5) is 24.7. The van der Waals surface area contributed by atoms with Gasteiger partial charge in [0.2, 0.25) is 5.91 Å². The number of methoxy groups -OCH3 is 2. The third-order valence-electron chi connectivity index (χ3n) is 4.33. The number of ether oxygens (including phenoxy) is 2. The normalized spacial score (nSPS) is 10.4. The third kappa shape index (κ3) is 4.44. The predicted molar refractivity (Wildman–Crippen MR) is 106 cm³/mol. The summed E-state index contributed by atoms with van der Waals surface area (Å²) >= 11 is 0. The molecule has 1 N–H and O–H groups in total. The summed E-state index contributed by atoms with van der Waals surface area (Å²) in [6.07, 6.45) is 0.240. The van der Waals surface area contributed by atoms with E-state index < -0.39 is 0 Å². The van der Waals surface area contributed by atoms with Crippen LogP contribution in [-0.2, 0) is 4.79 Å². The standard InChI is InChI=1S/C22H21NO4/c1-26-18-9-10-19(21(14-18)27-2)23-22(25)12-11-20(24)17-8-7-15-5-3-4-6-16(15)13-17/h3-10,13-14H,11-12H2,1-2H3,(H,23,25). The van der Waals surface area contributed by atoms with Gasteiger partial charge in [-0.2, -0.15) is 0 Å². The molecule has 138 valence electrons. The molecule has 0 atom stereocenters. The Balaban J connectivity index is 1.62. The number of ketones is 1. The van der Waals surface area contributed by atoms with E-state index in [-0.39, 0.29) is 24.5 Å². The average molecular weight is 363 g/mol. The summed E-state index contributed by atoms with van der Waals surface area (Å²) < 4.78 is 10.4. The number of Topliss-reactive ketones (excluding diaryl/α,β-unsaturated/α-hetero) is 1. The Bertz CT molecular complexity index is 981. The zero-order valence-corrected chi connectivity index (χ0v) is 15.3. The summed E-state index contributed by atoms with van der Waals surface area (Å²) in [5, 5.41) is 4.87. The van der Waals surface area contributed by atoms with E-state index >= 15 is 0 Å². The van der Waals surface area contributed by atoms with Crippen LogP contribution in [0.15, 0.2) is 60.7 Å². The molecule has 0 unspecified atom stereocenters. The molecule has 27 heavy (non-hydrogen) atoms. The second-order valence-electron chi connectivity index (χ2n) is 6.10. The molecule has 0 aliphatic rings. The minimum absolute atomic E-state index is 0.0578. The van der Waals surface area contributed by atoms with Gasteiger partial charge in [-0.15, -0.1) is 0 Å². The predicted octanol–water partition coefficient (Wildman–Crippen LogP) is 4.46. The van der Waals surface area contributed by atoms with Gasteiger partial charge in [0.05, 0.1) is 19.9 Å². The van der Waals surface area contributed by atoms with Crippen LogP contribution in [0.1, 0.15) is 23.2 Å². The van der Waals surface area contributed by atoms with Crippen LogP contribution in [0.4, 0.5) is 5.69 Å². The van der Waals surface area contributed by atoms with E-state index in [1.807, 2.05) is 36.4 Å². The van der Waals surface area contributed by atoms with Crippen molar-refractivity contribution in [3.63, 3.8) is 0 Å². The Morgan fingerprint density at radius 3 is 2.37 bits per heavy atom. The molecule has 0 spiro atoms. The summed E-state index contributed by atoms with van der Waals surface area (Å²) in [6, 6.07) is 18.6. The van der Waals surface area contributed by atoms with Crippen molar-refractivity contribution in [1.29, 1.82) is 0 Å². The largest absolute Gasteiger partial charge is 0.497 e. The second-order valence-corrected chi connectivity index (χ2v) is 6.10. The molecule has 5 heteroatoms. The van der Waals surface area contributed by atoms with Crippen molar-refractivity contribution in [1.82, 2.24) is 0 Å². The molecule has 0 saturated carbocycles. The fourth-order valence-electron chi connectivity index (χ4n) is 2.85. The molecule has 0 aliphatic heterocycles. The number of carbonyl (C=O) groups excluding carboxylic acids is 2. The first-order chi connectivity index (χ1) is 13.1. The second kappa shape index (κ2) is 8.36. The van der Waals surface area contributed by atoms with E-state index in [9.17, 15) is 9.59 Å². The van der Waals surface area contributed by atoms with E-state index in [0.717, 1.165) is 10.8 Å². The van der Waals surface area contributed by atoms with Gasteiger partial charge in [0.15, 0.2) is 5.78 Å². The SMILES string of the molecule is COc1ccc(NC(=O)CCC(=O)c2ccc3ccccc3c2)c(OC)c1. The lowest BCUT2D eigenvalue weighted by atomic mass is 10.0. The number of hydrogen-bond donors (Lipinski definition) is 1. The zero-order valence-electron chi connectivity index (χ0n) is 15.3. The molecule has 3 aromatic carbocycles. The molecule has 0 aromatic heterocycles. The van der Waals surface area contributed by atoms with E-state index in [1.165, 1.54) is 7.11 Å².